The van der Waals surface area contributed by atoms with Crippen LogP contribution in [0.1, 0.15) is 29.4 Å². The lowest BCUT2D eigenvalue weighted by atomic mass is 9.91. The van der Waals surface area contributed by atoms with E-state index < -0.39 is 5.54 Å². The van der Waals surface area contributed by atoms with Crippen LogP contribution >= 0.6 is 11.8 Å². The van der Waals surface area contributed by atoms with E-state index in [0.29, 0.717) is 16.7 Å². The van der Waals surface area contributed by atoms with Crippen molar-refractivity contribution in [3.05, 3.63) is 42.1 Å². The number of aromatic nitrogens is 3. The van der Waals surface area contributed by atoms with Gasteiger partial charge in [0.2, 0.25) is 5.88 Å². The second-order valence-electron chi connectivity index (χ2n) is 5.68. The standard InChI is InChI=1S/C16H18N6O2S/c1-16(3-4-25-15(17)22-16)10-5-11(7-18-6-10)21-14(23)12-8-20-13(24-2)9-19-12/h5-9H,3-4H2,1-2H3,(H2,17,22)(H,21,23)/t16-/m0/s1. The molecule has 0 saturated heterocycles. The summed E-state index contributed by atoms with van der Waals surface area (Å²) in [6.45, 7) is 2.01. The molecule has 2 aromatic rings. The fourth-order valence-corrected chi connectivity index (χ4v) is 3.41. The van der Waals surface area contributed by atoms with Crippen LogP contribution in [0.5, 0.6) is 5.88 Å². The molecule has 0 radical (unpaired) electrons. The summed E-state index contributed by atoms with van der Waals surface area (Å²) in [5.74, 6) is 0.865. The van der Waals surface area contributed by atoms with Crippen molar-refractivity contribution in [3.8, 4) is 5.88 Å². The molecule has 1 atom stereocenters. The molecule has 0 saturated carbocycles. The molecule has 0 aliphatic carbocycles. The maximum Gasteiger partial charge on any atom is 0.275 e. The Hall–Kier alpha value is -2.68. The zero-order valence-corrected chi connectivity index (χ0v) is 14.7. The summed E-state index contributed by atoms with van der Waals surface area (Å²) < 4.78 is 4.93. The molecule has 0 bridgehead atoms. The minimum Gasteiger partial charge on any atom is -0.480 e. The van der Waals surface area contributed by atoms with Crippen molar-refractivity contribution in [2.45, 2.75) is 18.9 Å². The lowest BCUT2D eigenvalue weighted by Crippen LogP contribution is -2.29. The number of hydrogen-bond acceptors (Lipinski definition) is 8. The van der Waals surface area contributed by atoms with Crippen molar-refractivity contribution in [3.63, 3.8) is 0 Å². The van der Waals surface area contributed by atoms with E-state index in [1.165, 1.54) is 19.5 Å². The second kappa shape index (κ2) is 7.06. The molecule has 0 aromatic carbocycles. The number of aliphatic imine (C=N–C) groups is 1. The second-order valence-corrected chi connectivity index (χ2v) is 6.80. The Balaban J connectivity index is 1.79. The van der Waals surface area contributed by atoms with Gasteiger partial charge in [-0.1, -0.05) is 11.8 Å². The first kappa shape index (κ1) is 17.2. The monoisotopic (exact) mass is 358 g/mol. The average Bonchev–Trinajstić information content (AvgIpc) is 2.62. The van der Waals surface area contributed by atoms with Gasteiger partial charge in [0, 0.05) is 11.9 Å². The van der Waals surface area contributed by atoms with Gasteiger partial charge in [-0.2, -0.15) is 0 Å². The van der Waals surface area contributed by atoms with E-state index in [2.05, 4.69) is 25.3 Å². The first-order valence-electron chi connectivity index (χ1n) is 7.61. The molecule has 9 heteroatoms. The minimum atomic E-state index is -0.441. The number of anilines is 1. The molecule has 0 unspecified atom stereocenters. The molecule has 8 nitrogen and oxygen atoms in total. The Morgan fingerprint density at radius 2 is 2.16 bits per heavy atom. The van der Waals surface area contributed by atoms with Crippen LogP contribution in [0.2, 0.25) is 0 Å². The SMILES string of the molecule is COc1cnc(C(=O)Nc2cncc([C@]3(C)CCSC(N)=N3)c2)cn1. The van der Waals surface area contributed by atoms with Crippen LogP contribution in [0.3, 0.4) is 0 Å². The first-order chi connectivity index (χ1) is 12.0. The van der Waals surface area contributed by atoms with E-state index in [4.69, 9.17) is 10.5 Å². The summed E-state index contributed by atoms with van der Waals surface area (Å²) >= 11 is 1.54. The van der Waals surface area contributed by atoms with Crippen LogP contribution in [0.25, 0.3) is 0 Å². The summed E-state index contributed by atoms with van der Waals surface area (Å²) in [5, 5.41) is 3.34. The maximum atomic E-state index is 12.3. The van der Waals surface area contributed by atoms with Gasteiger partial charge in [0.25, 0.3) is 5.91 Å². The fraction of sp³-hybridized carbons (Fsp3) is 0.312. The van der Waals surface area contributed by atoms with Gasteiger partial charge in [0.05, 0.1) is 36.9 Å². The third-order valence-corrected chi connectivity index (χ3v) is 4.68. The number of rotatable bonds is 4. The zero-order chi connectivity index (χ0) is 17.9. The van der Waals surface area contributed by atoms with Gasteiger partial charge in [0.15, 0.2) is 5.17 Å². The Kier molecular flexibility index (Phi) is 4.84. The average molecular weight is 358 g/mol. The highest BCUT2D eigenvalue weighted by Gasteiger charge is 2.30. The molecular weight excluding hydrogens is 340 g/mol. The van der Waals surface area contributed by atoms with Crippen molar-refractivity contribution in [2.75, 3.05) is 18.2 Å². The van der Waals surface area contributed by atoms with E-state index in [1.807, 2.05) is 13.0 Å². The number of nitrogens with two attached hydrogens (primary N) is 1. The van der Waals surface area contributed by atoms with Crippen molar-refractivity contribution in [2.24, 2.45) is 10.7 Å². The Labute approximate surface area is 149 Å². The Morgan fingerprint density at radius 1 is 1.32 bits per heavy atom. The highest BCUT2D eigenvalue weighted by molar-refractivity contribution is 8.13. The van der Waals surface area contributed by atoms with E-state index >= 15 is 0 Å². The lowest BCUT2D eigenvalue weighted by molar-refractivity contribution is 0.102. The largest absolute Gasteiger partial charge is 0.480 e. The molecular formula is C16H18N6O2S. The van der Waals surface area contributed by atoms with Crippen LogP contribution in [0.15, 0.2) is 35.8 Å². The van der Waals surface area contributed by atoms with E-state index in [0.717, 1.165) is 17.7 Å². The van der Waals surface area contributed by atoms with Gasteiger partial charge >= 0.3 is 0 Å². The third-order valence-electron chi connectivity index (χ3n) is 3.88. The normalized spacial score (nSPS) is 19.8. The van der Waals surface area contributed by atoms with Crippen LogP contribution in [-0.2, 0) is 5.54 Å². The molecule has 2 aromatic heterocycles. The van der Waals surface area contributed by atoms with Crippen LogP contribution in [0.4, 0.5) is 5.69 Å². The van der Waals surface area contributed by atoms with E-state index in [1.54, 1.807) is 24.2 Å². The highest BCUT2D eigenvalue weighted by Crippen LogP contribution is 2.35. The number of pyridine rings is 1. The number of amidine groups is 1. The van der Waals surface area contributed by atoms with Crippen molar-refractivity contribution in [1.29, 1.82) is 0 Å². The lowest BCUT2D eigenvalue weighted by Gasteiger charge is -2.29. The van der Waals surface area contributed by atoms with Gasteiger partial charge in [-0.3, -0.25) is 14.8 Å². The predicted molar refractivity (Wildman–Crippen MR) is 96.8 cm³/mol. The number of thioether (sulfide) groups is 1. The quantitative estimate of drug-likeness (QED) is 0.856. The van der Waals surface area contributed by atoms with Crippen molar-refractivity contribution in [1.82, 2.24) is 15.0 Å². The predicted octanol–water partition coefficient (Wildman–Crippen LogP) is 1.80. The maximum absolute atomic E-state index is 12.3. The smallest absolute Gasteiger partial charge is 0.275 e. The fourth-order valence-electron chi connectivity index (χ4n) is 2.43. The first-order valence-corrected chi connectivity index (χ1v) is 8.60. The summed E-state index contributed by atoms with van der Waals surface area (Å²) in [6, 6.07) is 1.86. The summed E-state index contributed by atoms with van der Waals surface area (Å²) in [5.41, 5.74) is 7.07. The molecule has 3 N–H and O–H groups in total. The third kappa shape index (κ3) is 3.87. The molecule has 1 aliphatic rings. The summed E-state index contributed by atoms with van der Waals surface area (Å²) in [7, 11) is 1.49. The Bertz CT molecular complexity index is 811. The van der Waals surface area contributed by atoms with Gasteiger partial charge in [-0.25, -0.2) is 9.97 Å². The van der Waals surface area contributed by atoms with Crippen molar-refractivity contribution < 1.29 is 9.53 Å². The van der Waals surface area contributed by atoms with Crippen molar-refractivity contribution >= 4 is 28.5 Å². The number of nitrogens with one attached hydrogen (secondary N) is 1. The van der Waals surface area contributed by atoms with Gasteiger partial charge in [-0.05, 0) is 25.0 Å². The molecule has 3 rings (SSSR count). The van der Waals surface area contributed by atoms with E-state index in [9.17, 15) is 4.79 Å². The molecule has 1 amide bonds. The molecule has 0 spiro atoms. The zero-order valence-electron chi connectivity index (χ0n) is 13.9. The number of methoxy groups -OCH3 is 1. The molecule has 0 fully saturated rings. The van der Waals surface area contributed by atoms with Gasteiger partial charge in [-0.15, -0.1) is 0 Å². The molecule has 1 aliphatic heterocycles. The van der Waals surface area contributed by atoms with Crippen LogP contribution in [-0.4, -0.2) is 38.9 Å². The highest BCUT2D eigenvalue weighted by atomic mass is 32.2. The Morgan fingerprint density at radius 3 is 2.84 bits per heavy atom. The molecule has 3 heterocycles. The summed E-state index contributed by atoms with van der Waals surface area (Å²) in [4.78, 5) is 29.1. The number of carbonyl (C=O) groups is 1. The van der Waals surface area contributed by atoms with Gasteiger partial charge in [0.1, 0.15) is 5.69 Å². The number of hydrogen-bond donors (Lipinski definition) is 2. The van der Waals surface area contributed by atoms with Gasteiger partial charge < -0.3 is 15.8 Å². The number of ether oxygens (including phenoxy) is 1. The number of nitrogens with zero attached hydrogens (tertiary/aromatic N) is 4. The molecule has 25 heavy (non-hydrogen) atoms. The van der Waals surface area contributed by atoms with E-state index in [-0.39, 0.29) is 11.6 Å². The molecule has 130 valence electrons. The van der Waals surface area contributed by atoms with Crippen LogP contribution in [0, 0.1) is 0 Å². The summed E-state index contributed by atoms with van der Waals surface area (Å²) in [6.07, 6.45) is 6.92. The number of carbonyl (C=O) groups excluding carboxylic acids is 1. The minimum absolute atomic E-state index is 0.189. The van der Waals surface area contributed by atoms with Crippen LogP contribution < -0.4 is 15.8 Å². The topological polar surface area (TPSA) is 115 Å². The number of amides is 1.